The van der Waals surface area contributed by atoms with Gasteiger partial charge >= 0.3 is 6.18 Å². The van der Waals surface area contributed by atoms with Crippen molar-refractivity contribution < 1.29 is 26.3 Å². The van der Waals surface area contributed by atoms with Crippen molar-refractivity contribution in [1.29, 1.82) is 0 Å². The van der Waals surface area contributed by atoms with Crippen LogP contribution < -0.4 is 5.73 Å². The van der Waals surface area contributed by atoms with Crippen molar-refractivity contribution in [3.63, 3.8) is 0 Å². The lowest BCUT2D eigenvalue weighted by atomic mass is 9.98. The fourth-order valence-corrected chi connectivity index (χ4v) is 4.62. The SMILES string of the molecule is Nc1cc(Cl)c(-c2ccc(S(=O)(=O)N3CCOCC3)cc2)c(C(F)(F)F)c1. The Hall–Kier alpha value is -1.81. The van der Waals surface area contributed by atoms with Crippen LogP contribution in [0.1, 0.15) is 5.56 Å². The summed E-state index contributed by atoms with van der Waals surface area (Å²) in [6.45, 7) is 1.05. The average Bonchev–Trinajstić information content (AvgIpc) is 2.61. The molecule has 0 spiro atoms. The van der Waals surface area contributed by atoms with Crippen molar-refractivity contribution in [3.05, 3.63) is 47.0 Å². The molecule has 1 aliphatic heterocycles. The Morgan fingerprint density at radius 3 is 2.22 bits per heavy atom. The number of nitrogens with two attached hydrogens (primary N) is 1. The highest BCUT2D eigenvalue weighted by molar-refractivity contribution is 7.89. The highest BCUT2D eigenvalue weighted by Crippen LogP contribution is 2.42. The summed E-state index contributed by atoms with van der Waals surface area (Å²) >= 11 is 6.01. The molecule has 0 bridgehead atoms. The lowest BCUT2D eigenvalue weighted by Gasteiger charge is -2.26. The third kappa shape index (κ3) is 4.06. The first-order valence-electron chi connectivity index (χ1n) is 7.95. The summed E-state index contributed by atoms with van der Waals surface area (Å²) < 4.78 is 71.8. The van der Waals surface area contributed by atoms with Crippen LogP contribution >= 0.6 is 11.6 Å². The van der Waals surface area contributed by atoms with E-state index in [0.717, 1.165) is 6.07 Å². The van der Waals surface area contributed by atoms with Crippen molar-refractivity contribution in [1.82, 2.24) is 4.31 Å². The summed E-state index contributed by atoms with van der Waals surface area (Å²) in [5.74, 6) is 0. The Bertz CT molecular complexity index is 941. The molecule has 27 heavy (non-hydrogen) atoms. The fraction of sp³-hybridized carbons (Fsp3) is 0.294. The summed E-state index contributed by atoms with van der Waals surface area (Å²) in [7, 11) is -3.74. The molecule has 0 radical (unpaired) electrons. The summed E-state index contributed by atoms with van der Waals surface area (Å²) in [5, 5.41) is -0.161. The maximum atomic E-state index is 13.4. The van der Waals surface area contributed by atoms with E-state index in [1.54, 1.807) is 0 Å². The normalized spacial score (nSPS) is 16.4. The van der Waals surface area contributed by atoms with Crippen LogP contribution in [0, 0.1) is 0 Å². The number of morpholine rings is 1. The van der Waals surface area contributed by atoms with E-state index in [0.29, 0.717) is 13.2 Å². The van der Waals surface area contributed by atoms with Gasteiger partial charge < -0.3 is 10.5 Å². The quantitative estimate of drug-likeness (QED) is 0.770. The second-order valence-corrected chi connectivity index (χ2v) is 8.31. The number of halogens is 4. The van der Waals surface area contributed by atoms with Gasteiger partial charge in [0, 0.05) is 24.3 Å². The predicted octanol–water partition coefficient (Wildman–Crippen LogP) is 3.63. The Labute approximate surface area is 159 Å². The second kappa shape index (κ2) is 7.31. The number of ether oxygens (including phenoxy) is 1. The van der Waals surface area contributed by atoms with Gasteiger partial charge in [-0.2, -0.15) is 17.5 Å². The van der Waals surface area contributed by atoms with E-state index >= 15 is 0 Å². The van der Waals surface area contributed by atoms with Crippen LogP contribution in [0.4, 0.5) is 18.9 Å². The van der Waals surface area contributed by atoms with Crippen LogP contribution in [0.2, 0.25) is 5.02 Å². The van der Waals surface area contributed by atoms with Crippen LogP contribution in [0.25, 0.3) is 11.1 Å². The molecule has 0 amide bonds. The van der Waals surface area contributed by atoms with Crippen molar-refractivity contribution in [3.8, 4) is 11.1 Å². The van der Waals surface area contributed by atoms with Crippen molar-refractivity contribution in [2.24, 2.45) is 0 Å². The topological polar surface area (TPSA) is 72.6 Å². The molecule has 1 saturated heterocycles. The Kier molecular flexibility index (Phi) is 5.40. The third-order valence-electron chi connectivity index (χ3n) is 4.17. The van der Waals surface area contributed by atoms with Crippen LogP contribution in [0.3, 0.4) is 0 Å². The number of hydrogen-bond donors (Lipinski definition) is 1. The van der Waals surface area contributed by atoms with Crippen molar-refractivity contribution in [2.75, 3.05) is 32.0 Å². The predicted molar refractivity (Wildman–Crippen MR) is 95.9 cm³/mol. The molecule has 0 saturated carbocycles. The monoisotopic (exact) mass is 420 g/mol. The molecule has 10 heteroatoms. The molecule has 0 unspecified atom stereocenters. The largest absolute Gasteiger partial charge is 0.417 e. The maximum absolute atomic E-state index is 13.4. The third-order valence-corrected chi connectivity index (χ3v) is 6.38. The smallest absolute Gasteiger partial charge is 0.399 e. The molecule has 0 atom stereocenters. The van der Waals surface area contributed by atoms with Crippen LogP contribution in [-0.4, -0.2) is 39.0 Å². The minimum atomic E-state index is -4.66. The molecule has 0 aromatic heterocycles. The van der Waals surface area contributed by atoms with Crippen LogP contribution in [0.15, 0.2) is 41.3 Å². The Balaban J connectivity index is 2.02. The number of sulfonamides is 1. The van der Waals surface area contributed by atoms with E-state index in [9.17, 15) is 21.6 Å². The Morgan fingerprint density at radius 1 is 1.07 bits per heavy atom. The lowest BCUT2D eigenvalue weighted by molar-refractivity contribution is -0.137. The van der Waals surface area contributed by atoms with E-state index in [4.69, 9.17) is 22.1 Å². The van der Waals surface area contributed by atoms with Gasteiger partial charge in [0.1, 0.15) is 0 Å². The molecule has 1 aliphatic rings. The van der Waals surface area contributed by atoms with Gasteiger partial charge in [0.05, 0.1) is 28.7 Å². The molecule has 5 nitrogen and oxygen atoms in total. The molecule has 2 aromatic rings. The van der Waals surface area contributed by atoms with Gasteiger partial charge in [0.25, 0.3) is 0 Å². The first kappa shape index (κ1) is 19.9. The Morgan fingerprint density at radius 2 is 1.67 bits per heavy atom. The number of anilines is 1. The number of alkyl halides is 3. The van der Waals surface area contributed by atoms with Gasteiger partial charge in [0.2, 0.25) is 10.0 Å². The van der Waals surface area contributed by atoms with Crippen LogP contribution in [0.5, 0.6) is 0 Å². The maximum Gasteiger partial charge on any atom is 0.417 e. The van der Waals surface area contributed by atoms with E-state index < -0.39 is 21.8 Å². The molecule has 3 rings (SSSR count). The fourth-order valence-electron chi connectivity index (χ4n) is 2.87. The first-order chi connectivity index (χ1) is 12.6. The van der Waals surface area contributed by atoms with E-state index in [1.807, 2.05) is 0 Å². The number of hydrogen-bond acceptors (Lipinski definition) is 4. The molecule has 146 valence electrons. The van der Waals surface area contributed by atoms with Crippen molar-refractivity contribution >= 4 is 27.3 Å². The summed E-state index contributed by atoms with van der Waals surface area (Å²) in [5.41, 5.74) is 4.31. The lowest BCUT2D eigenvalue weighted by Crippen LogP contribution is -2.40. The van der Waals surface area contributed by atoms with Crippen LogP contribution in [-0.2, 0) is 20.9 Å². The zero-order valence-corrected chi connectivity index (χ0v) is 15.5. The van der Waals surface area contributed by atoms with E-state index in [2.05, 4.69) is 0 Å². The van der Waals surface area contributed by atoms with Gasteiger partial charge in [-0.05, 0) is 29.8 Å². The number of nitrogen functional groups attached to an aromatic ring is 1. The van der Waals surface area contributed by atoms with Crippen molar-refractivity contribution in [2.45, 2.75) is 11.1 Å². The van der Waals surface area contributed by atoms with E-state index in [-0.39, 0.29) is 39.8 Å². The zero-order chi connectivity index (χ0) is 19.8. The average molecular weight is 421 g/mol. The minimum absolute atomic E-state index is 0.00623. The zero-order valence-electron chi connectivity index (χ0n) is 14.0. The summed E-state index contributed by atoms with van der Waals surface area (Å²) in [6.07, 6.45) is -4.66. The molecule has 2 N–H and O–H groups in total. The van der Waals surface area contributed by atoms with Gasteiger partial charge in [-0.15, -0.1) is 0 Å². The molecular weight excluding hydrogens is 405 g/mol. The van der Waals surface area contributed by atoms with Gasteiger partial charge in [-0.1, -0.05) is 23.7 Å². The molecule has 2 aromatic carbocycles. The second-order valence-electron chi connectivity index (χ2n) is 5.96. The van der Waals surface area contributed by atoms with Gasteiger partial charge in [0.15, 0.2) is 0 Å². The summed E-state index contributed by atoms with van der Waals surface area (Å²) in [4.78, 5) is -0.00623. The number of rotatable bonds is 3. The van der Waals surface area contributed by atoms with Gasteiger partial charge in [-0.3, -0.25) is 0 Å². The molecule has 1 heterocycles. The standard InChI is InChI=1S/C17H16ClF3N2O3S/c18-15-10-12(22)9-14(17(19,20)21)16(15)11-1-3-13(4-2-11)27(24,25)23-5-7-26-8-6-23/h1-4,9-10H,5-8,22H2. The summed E-state index contributed by atoms with van der Waals surface area (Å²) in [6, 6.07) is 7.18. The molecular formula is C17H16ClF3N2O3S. The van der Waals surface area contributed by atoms with Gasteiger partial charge in [-0.25, -0.2) is 8.42 Å². The molecule has 0 aliphatic carbocycles. The highest BCUT2D eigenvalue weighted by Gasteiger charge is 2.35. The molecule has 1 fully saturated rings. The highest BCUT2D eigenvalue weighted by atomic mass is 35.5. The number of nitrogens with zero attached hydrogens (tertiary/aromatic N) is 1. The van der Waals surface area contributed by atoms with E-state index in [1.165, 1.54) is 34.6 Å². The first-order valence-corrected chi connectivity index (χ1v) is 9.77. The number of benzene rings is 2. The minimum Gasteiger partial charge on any atom is -0.399 e.